The van der Waals surface area contributed by atoms with Gasteiger partial charge in [0.25, 0.3) is 0 Å². The molecular formula is C17H15N5O2. The third-order valence-corrected chi connectivity index (χ3v) is 4.06. The zero-order chi connectivity index (χ0) is 16.4. The minimum Gasteiger partial charge on any atom is -0.337 e. The van der Waals surface area contributed by atoms with Crippen LogP contribution in [0.4, 0.5) is 0 Å². The standard InChI is InChI=1S/C17H15N5O2/c23-15(9-12-3-1-6-18-10-12)22-8-5-14(22)17-20-16(21-24-17)13-4-2-7-19-11-13/h1-4,6-7,10-11,14H,5,8-9H2. The number of likely N-dealkylation sites (tertiary alicyclic amines) is 1. The molecule has 3 aromatic heterocycles. The summed E-state index contributed by atoms with van der Waals surface area (Å²) in [7, 11) is 0. The van der Waals surface area contributed by atoms with Crippen molar-refractivity contribution in [2.24, 2.45) is 0 Å². The van der Waals surface area contributed by atoms with Gasteiger partial charge >= 0.3 is 0 Å². The highest BCUT2D eigenvalue weighted by molar-refractivity contribution is 5.79. The van der Waals surface area contributed by atoms with Crippen LogP contribution < -0.4 is 0 Å². The van der Waals surface area contributed by atoms with E-state index in [0.29, 0.717) is 24.7 Å². The summed E-state index contributed by atoms with van der Waals surface area (Å²) in [5.74, 6) is 1.00. The maximum absolute atomic E-state index is 12.5. The Bertz CT molecular complexity index is 834. The number of carbonyl (C=O) groups excluding carboxylic acids is 1. The normalized spacial score (nSPS) is 16.7. The van der Waals surface area contributed by atoms with Crippen molar-refractivity contribution in [3.63, 3.8) is 0 Å². The Balaban J connectivity index is 1.47. The van der Waals surface area contributed by atoms with Gasteiger partial charge < -0.3 is 9.42 Å². The number of rotatable bonds is 4. The maximum Gasteiger partial charge on any atom is 0.249 e. The number of hydrogen-bond acceptors (Lipinski definition) is 6. The first-order chi connectivity index (χ1) is 11.8. The van der Waals surface area contributed by atoms with E-state index in [9.17, 15) is 4.79 Å². The Hall–Kier alpha value is -3.09. The number of carbonyl (C=O) groups is 1. The number of hydrogen-bond donors (Lipinski definition) is 0. The lowest BCUT2D eigenvalue weighted by Gasteiger charge is -2.38. The molecule has 1 aliphatic heterocycles. The van der Waals surface area contributed by atoms with E-state index in [4.69, 9.17) is 4.52 Å². The van der Waals surface area contributed by atoms with Gasteiger partial charge in [-0.25, -0.2) is 0 Å². The molecular weight excluding hydrogens is 306 g/mol. The predicted molar refractivity (Wildman–Crippen MR) is 84.5 cm³/mol. The van der Waals surface area contributed by atoms with Crippen LogP contribution in [-0.2, 0) is 11.2 Å². The molecule has 1 aliphatic rings. The van der Waals surface area contributed by atoms with Crippen LogP contribution in [0.25, 0.3) is 11.4 Å². The van der Waals surface area contributed by atoms with Crippen LogP contribution in [-0.4, -0.2) is 37.5 Å². The van der Waals surface area contributed by atoms with Gasteiger partial charge in [-0.1, -0.05) is 11.2 Å². The van der Waals surface area contributed by atoms with Crippen molar-refractivity contribution < 1.29 is 9.32 Å². The Morgan fingerprint density at radius 2 is 2.04 bits per heavy atom. The van der Waals surface area contributed by atoms with Crippen LogP contribution in [0.1, 0.15) is 23.9 Å². The van der Waals surface area contributed by atoms with E-state index < -0.39 is 0 Å². The fourth-order valence-corrected chi connectivity index (χ4v) is 2.70. The van der Waals surface area contributed by atoms with Gasteiger partial charge in [0, 0.05) is 36.9 Å². The van der Waals surface area contributed by atoms with Crippen molar-refractivity contribution in [2.45, 2.75) is 18.9 Å². The zero-order valence-corrected chi connectivity index (χ0v) is 12.9. The lowest BCUT2D eigenvalue weighted by molar-refractivity contribution is -0.139. The van der Waals surface area contributed by atoms with Crippen molar-refractivity contribution in [1.82, 2.24) is 25.0 Å². The van der Waals surface area contributed by atoms with Gasteiger partial charge in [0.05, 0.1) is 6.42 Å². The molecule has 7 nitrogen and oxygen atoms in total. The summed E-state index contributed by atoms with van der Waals surface area (Å²) < 4.78 is 5.36. The van der Waals surface area contributed by atoms with Crippen LogP contribution in [0.5, 0.6) is 0 Å². The smallest absolute Gasteiger partial charge is 0.249 e. The first-order valence-corrected chi connectivity index (χ1v) is 7.73. The molecule has 4 heterocycles. The van der Waals surface area contributed by atoms with Crippen molar-refractivity contribution in [1.29, 1.82) is 0 Å². The lowest BCUT2D eigenvalue weighted by Crippen LogP contribution is -2.46. The molecule has 0 radical (unpaired) electrons. The Kier molecular flexibility index (Phi) is 3.74. The average molecular weight is 321 g/mol. The fraction of sp³-hybridized carbons (Fsp3) is 0.235. The Labute approximate surface area is 138 Å². The minimum absolute atomic E-state index is 0.0420. The number of aromatic nitrogens is 4. The molecule has 120 valence electrons. The van der Waals surface area contributed by atoms with Crippen molar-refractivity contribution in [2.75, 3.05) is 6.54 Å². The fourth-order valence-electron chi connectivity index (χ4n) is 2.70. The van der Waals surface area contributed by atoms with Gasteiger partial charge in [-0.2, -0.15) is 4.98 Å². The second-order valence-corrected chi connectivity index (χ2v) is 5.63. The van der Waals surface area contributed by atoms with E-state index in [1.807, 2.05) is 24.3 Å². The topological polar surface area (TPSA) is 85.0 Å². The molecule has 1 atom stereocenters. The summed E-state index contributed by atoms with van der Waals surface area (Å²) >= 11 is 0. The molecule has 0 spiro atoms. The first-order valence-electron chi connectivity index (χ1n) is 7.73. The molecule has 4 rings (SSSR count). The second kappa shape index (κ2) is 6.19. The third-order valence-electron chi connectivity index (χ3n) is 4.06. The van der Waals surface area contributed by atoms with Crippen LogP contribution in [0.3, 0.4) is 0 Å². The Morgan fingerprint density at radius 3 is 2.71 bits per heavy atom. The van der Waals surface area contributed by atoms with Crippen molar-refractivity contribution in [3.05, 3.63) is 60.5 Å². The molecule has 0 N–H and O–H groups in total. The molecule has 0 aliphatic carbocycles. The van der Waals surface area contributed by atoms with Crippen LogP contribution in [0, 0.1) is 0 Å². The summed E-state index contributed by atoms with van der Waals surface area (Å²) in [5, 5.41) is 3.99. The first kappa shape index (κ1) is 14.5. The molecule has 1 fully saturated rings. The summed E-state index contributed by atoms with van der Waals surface area (Å²) in [6.07, 6.45) is 7.93. The molecule has 0 saturated carbocycles. The molecule has 7 heteroatoms. The van der Waals surface area contributed by atoms with E-state index in [0.717, 1.165) is 17.5 Å². The van der Waals surface area contributed by atoms with E-state index in [2.05, 4.69) is 20.1 Å². The molecule has 1 unspecified atom stereocenters. The third kappa shape index (κ3) is 2.76. The van der Waals surface area contributed by atoms with E-state index in [1.54, 1.807) is 29.7 Å². The SMILES string of the molecule is O=C(Cc1cccnc1)N1CCC1c1nc(-c2cccnc2)no1. The van der Waals surface area contributed by atoms with Crippen molar-refractivity contribution in [3.8, 4) is 11.4 Å². The lowest BCUT2D eigenvalue weighted by atomic mass is 10.0. The Morgan fingerprint density at radius 1 is 1.21 bits per heavy atom. The van der Waals surface area contributed by atoms with Crippen LogP contribution >= 0.6 is 0 Å². The summed E-state index contributed by atoms with van der Waals surface area (Å²) in [4.78, 5) is 26.7. The van der Waals surface area contributed by atoms with E-state index >= 15 is 0 Å². The monoisotopic (exact) mass is 321 g/mol. The summed E-state index contributed by atoms with van der Waals surface area (Å²) in [6, 6.07) is 7.26. The summed E-state index contributed by atoms with van der Waals surface area (Å²) in [6.45, 7) is 0.703. The summed E-state index contributed by atoms with van der Waals surface area (Å²) in [5.41, 5.74) is 1.69. The number of amides is 1. The van der Waals surface area contributed by atoms with Gasteiger partial charge in [0.1, 0.15) is 6.04 Å². The predicted octanol–water partition coefficient (Wildman–Crippen LogP) is 2.04. The van der Waals surface area contributed by atoms with Gasteiger partial charge in [-0.15, -0.1) is 0 Å². The highest BCUT2D eigenvalue weighted by Gasteiger charge is 2.37. The van der Waals surface area contributed by atoms with Crippen LogP contribution in [0.2, 0.25) is 0 Å². The molecule has 24 heavy (non-hydrogen) atoms. The van der Waals surface area contributed by atoms with Gasteiger partial charge in [-0.05, 0) is 30.2 Å². The molecule has 1 saturated heterocycles. The highest BCUT2D eigenvalue weighted by atomic mass is 16.5. The average Bonchev–Trinajstić information content (AvgIpc) is 3.05. The minimum atomic E-state index is -0.146. The number of pyridine rings is 2. The molecule has 0 aromatic carbocycles. The molecule has 1 amide bonds. The van der Waals surface area contributed by atoms with E-state index in [1.165, 1.54) is 0 Å². The number of nitrogens with zero attached hydrogens (tertiary/aromatic N) is 5. The molecule has 0 bridgehead atoms. The van der Waals surface area contributed by atoms with Gasteiger partial charge in [0.2, 0.25) is 17.6 Å². The molecule has 3 aromatic rings. The second-order valence-electron chi connectivity index (χ2n) is 5.63. The highest BCUT2D eigenvalue weighted by Crippen LogP contribution is 2.33. The maximum atomic E-state index is 12.5. The van der Waals surface area contributed by atoms with Crippen molar-refractivity contribution >= 4 is 5.91 Å². The van der Waals surface area contributed by atoms with Gasteiger partial charge in [-0.3, -0.25) is 14.8 Å². The van der Waals surface area contributed by atoms with E-state index in [-0.39, 0.29) is 11.9 Å². The van der Waals surface area contributed by atoms with Crippen LogP contribution in [0.15, 0.2) is 53.6 Å². The van der Waals surface area contributed by atoms with Gasteiger partial charge in [0.15, 0.2) is 0 Å². The quantitative estimate of drug-likeness (QED) is 0.731. The zero-order valence-electron chi connectivity index (χ0n) is 12.9. The largest absolute Gasteiger partial charge is 0.337 e.